The second kappa shape index (κ2) is 5.33. The van der Waals surface area contributed by atoms with Gasteiger partial charge in [0.25, 0.3) is 0 Å². The molecule has 3 saturated heterocycles. The molecule has 7 nitrogen and oxygen atoms in total. The van der Waals surface area contributed by atoms with Gasteiger partial charge in [-0.1, -0.05) is 0 Å². The number of alkyl halides is 4. The van der Waals surface area contributed by atoms with Gasteiger partial charge in [0.05, 0.1) is 34.7 Å². The van der Waals surface area contributed by atoms with Crippen molar-refractivity contribution in [2.75, 3.05) is 4.90 Å². The van der Waals surface area contributed by atoms with E-state index in [0.717, 1.165) is 26.0 Å². The first kappa shape index (κ1) is 19.8. The predicted molar refractivity (Wildman–Crippen MR) is 85.6 cm³/mol. The van der Waals surface area contributed by atoms with Crippen LogP contribution in [0.4, 0.5) is 23.2 Å². The predicted octanol–water partition coefficient (Wildman–Crippen LogP) is 1.26. The molecule has 0 spiro atoms. The molecule has 3 aliphatic heterocycles. The number of amides is 2. The van der Waals surface area contributed by atoms with Crippen LogP contribution < -0.4 is 4.90 Å². The van der Waals surface area contributed by atoms with E-state index in [4.69, 9.17) is 10.00 Å². The van der Waals surface area contributed by atoms with E-state index in [1.165, 1.54) is 6.07 Å². The Kier molecular flexibility index (Phi) is 3.63. The summed E-state index contributed by atoms with van der Waals surface area (Å²) in [5.41, 5.74) is -6.72. The molecule has 2 bridgehead atoms. The summed E-state index contributed by atoms with van der Waals surface area (Å²) in [4.78, 5) is 26.4. The molecule has 1 aromatic carbocycles. The summed E-state index contributed by atoms with van der Waals surface area (Å²) in [5, 5.41) is 29.3. The van der Waals surface area contributed by atoms with Gasteiger partial charge in [-0.25, -0.2) is 9.29 Å². The van der Waals surface area contributed by atoms with Gasteiger partial charge in [0.1, 0.15) is 11.2 Å². The Balaban J connectivity index is 1.84. The van der Waals surface area contributed by atoms with E-state index in [1.54, 1.807) is 0 Å². The smallest absolute Gasteiger partial charge is 0.361 e. The van der Waals surface area contributed by atoms with Gasteiger partial charge in [-0.05, 0) is 32.0 Å². The lowest BCUT2D eigenvalue weighted by Gasteiger charge is -2.40. The van der Waals surface area contributed by atoms with Crippen molar-refractivity contribution in [1.82, 2.24) is 0 Å². The lowest BCUT2D eigenvalue weighted by Crippen LogP contribution is -2.64. The van der Waals surface area contributed by atoms with Crippen LogP contribution in [0.1, 0.15) is 25.0 Å². The van der Waals surface area contributed by atoms with Crippen molar-refractivity contribution in [3.05, 3.63) is 29.3 Å². The zero-order valence-corrected chi connectivity index (χ0v) is 15.0. The van der Waals surface area contributed by atoms with Gasteiger partial charge in [-0.15, -0.1) is 0 Å². The zero-order valence-electron chi connectivity index (χ0n) is 15.0. The van der Waals surface area contributed by atoms with Crippen LogP contribution in [-0.2, 0) is 20.5 Å². The van der Waals surface area contributed by atoms with E-state index in [1.807, 2.05) is 0 Å². The number of carbonyl (C=O) groups is 2. The van der Waals surface area contributed by atoms with Gasteiger partial charge in [-0.3, -0.25) is 9.59 Å². The van der Waals surface area contributed by atoms with Crippen molar-refractivity contribution in [2.45, 2.75) is 43.2 Å². The Hall–Kier alpha value is -2.55. The summed E-state index contributed by atoms with van der Waals surface area (Å²) < 4.78 is 59.9. The summed E-state index contributed by atoms with van der Waals surface area (Å²) in [6.45, 7) is 2.19. The fourth-order valence-corrected chi connectivity index (χ4v) is 4.81. The zero-order chi connectivity index (χ0) is 21.7. The van der Waals surface area contributed by atoms with Gasteiger partial charge in [0, 0.05) is 0 Å². The summed E-state index contributed by atoms with van der Waals surface area (Å²) in [6.07, 6.45) is -7.34. The molecule has 1 aromatic rings. The molecule has 0 saturated carbocycles. The molecular weight excluding hydrogens is 400 g/mol. The Morgan fingerprint density at radius 3 is 2.31 bits per heavy atom. The Bertz CT molecular complexity index is 1000. The highest BCUT2D eigenvalue weighted by Crippen LogP contribution is 2.64. The average Bonchev–Trinajstić information content (AvgIpc) is 3.09. The lowest BCUT2D eigenvalue weighted by atomic mass is 9.65. The molecule has 3 aliphatic rings. The van der Waals surface area contributed by atoms with Crippen LogP contribution in [0.3, 0.4) is 0 Å². The molecule has 3 fully saturated rings. The minimum Gasteiger partial charge on any atom is -0.361 e. The maximum absolute atomic E-state index is 14.7. The van der Waals surface area contributed by atoms with E-state index in [9.17, 15) is 37.4 Å². The number of aliphatic hydroxyl groups is 2. The van der Waals surface area contributed by atoms with Crippen molar-refractivity contribution in [2.24, 2.45) is 11.8 Å². The molecule has 29 heavy (non-hydrogen) atoms. The second-order valence-corrected chi connectivity index (χ2v) is 7.79. The molecule has 0 radical (unpaired) electrons. The molecule has 3 heterocycles. The first-order chi connectivity index (χ1) is 13.2. The van der Waals surface area contributed by atoms with Crippen LogP contribution in [0.15, 0.2) is 18.2 Å². The van der Waals surface area contributed by atoms with Crippen LogP contribution >= 0.6 is 0 Å². The Labute approximate surface area is 161 Å². The largest absolute Gasteiger partial charge is 0.417 e. The number of hydrogen-bond donors (Lipinski definition) is 2. The number of carbonyl (C=O) groups excluding carboxylic acids is 2. The molecule has 4 rings (SSSR count). The number of hydrogen-bond acceptors (Lipinski definition) is 6. The van der Waals surface area contributed by atoms with E-state index in [-0.39, 0.29) is 0 Å². The van der Waals surface area contributed by atoms with Crippen molar-refractivity contribution in [3.8, 4) is 6.07 Å². The summed E-state index contributed by atoms with van der Waals surface area (Å²) in [5.74, 6) is -8.08. The number of anilines is 1. The van der Waals surface area contributed by atoms with Crippen molar-refractivity contribution in [3.63, 3.8) is 0 Å². The maximum Gasteiger partial charge on any atom is 0.417 e. The number of fused-ring (bicyclic) bond motifs is 5. The minimum absolute atomic E-state index is 0.454. The lowest BCUT2D eigenvalue weighted by molar-refractivity contribution is -0.266. The fraction of sp³-hybridized carbons (Fsp3) is 0.500. The summed E-state index contributed by atoms with van der Waals surface area (Å²) in [6, 6.07) is 3.70. The van der Waals surface area contributed by atoms with Gasteiger partial charge < -0.3 is 14.9 Å². The van der Waals surface area contributed by atoms with Crippen LogP contribution in [0, 0.1) is 23.2 Å². The Morgan fingerprint density at radius 1 is 1.17 bits per heavy atom. The van der Waals surface area contributed by atoms with Crippen LogP contribution in [-0.4, -0.2) is 45.2 Å². The van der Waals surface area contributed by atoms with Gasteiger partial charge >= 0.3 is 6.18 Å². The highest BCUT2D eigenvalue weighted by molar-refractivity contribution is 6.23. The number of halogens is 4. The molecule has 2 N–H and O–H groups in total. The first-order valence-corrected chi connectivity index (χ1v) is 8.50. The highest BCUT2D eigenvalue weighted by atomic mass is 19.4. The van der Waals surface area contributed by atoms with E-state index < -0.39 is 69.8 Å². The molecule has 0 aliphatic carbocycles. The van der Waals surface area contributed by atoms with Gasteiger partial charge in [-0.2, -0.15) is 18.4 Å². The molecular formula is C18H14F4N2O5. The molecule has 154 valence electrons. The monoisotopic (exact) mass is 414 g/mol. The highest BCUT2D eigenvalue weighted by Gasteiger charge is 2.85. The van der Waals surface area contributed by atoms with Crippen molar-refractivity contribution in [1.29, 1.82) is 5.26 Å². The van der Waals surface area contributed by atoms with Crippen LogP contribution in [0.25, 0.3) is 0 Å². The number of rotatable bonds is 1. The summed E-state index contributed by atoms with van der Waals surface area (Å²) in [7, 11) is 0. The van der Waals surface area contributed by atoms with Gasteiger partial charge in [0.15, 0.2) is 6.17 Å². The molecule has 5 atom stereocenters. The van der Waals surface area contributed by atoms with Gasteiger partial charge in [0.2, 0.25) is 17.6 Å². The third kappa shape index (κ3) is 2.11. The second-order valence-electron chi connectivity index (χ2n) is 7.79. The normalized spacial score (nSPS) is 37.8. The molecule has 0 aromatic heterocycles. The minimum atomic E-state index is -4.92. The van der Waals surface area contributed by atoms with Crippen molar-refractivity contribution < 1.29 is 42.1 Å². The number of ether oxygens (including phenoxy) is 1. The number of imide groups is 1. The quantitative estimate of drug-likeness (QED) is 0.407. The molecule has 0 unspecified atom stereocenters. The SMILES string of the molecule is C[C@]12O[C@@](C)([C@@H]3C(=O)N(c4ccc(C#N)c(C(F)(F)F)c4)C(=O)[C@@H]31)C(O)(O)[C@H]2F. The van der Waals surface area contributed by atoms with E-state index in [0.29, 0.717) is 11.0 Å². The average molecular weight is 414 g/mol. The third-order valence-corrected chi connectivity index (χ3v) is 6.22. The molecule has 11 heteroatoms. The Morgan fingerprint density at radius 2 is 1.76 bits per heavy atom. The summed E-state index contributed by atoms with van der Waals surface area (Å²) >= 11 is 0. The maximum atomic E-state index is 14.7. The van der Waals surface area contributed by atoms with Crippen LogP contribution in [0.5, 0.6) is 0 Å². The van der Waals surface area contributed by atoms with Crippen molar-refractivity contribution >= 4 is 17.5 Å². The number of nitriles is 1. The first-order valence-electron chi connectivity index (χ1n) is 8.50. The van der Waals surface area contributed by atoms with Crippen LogP contribution in [0.2, 0.25) is 0 Å². The van der Waals surface area contributed by atoms with E-state index in [2.05, 4.69) is 0 Å². The third-order valence-electron chi connectivity index (χ3n) is 6.22. The fourth-order valence-electron chi connectivity index (χ4n) is 4.81. The molecule has 2 amide bonds. The number of nitrogens with zero attached hydrogens (tertiary/aromatic N) is 2. The van der Waals surface area contributed by atoms with E-state index >= 15 is 0 Å². The number of benzene rings is 1. The topological polar surface area (TPSA) is 111 Å². The standard InChI is InChI=1S/C18H14F4N2O5/c1-15-10-11(16(2,29-15)17(27,28)14(15)19)13(26)24(12(10)25)8-4-3-7(6-23)9(5-8)18(20,21)22/h3-5,10-11,14,27-28H,1-2H3/t10-,11+,14+,15+,16+/m1/s1.